The molecule has 0 heterocycles. The lowest BCUT2D eigenvalue weighted by atomic mass is 10.2. The van der Waals surface area contributed by atoms with Crippen molar-refractivity contribution in [1.82, 2.24) is 5.32 Å². The molecule has 0 bridgehead atoms. The van der Waals surface area contributed by atoms with Gasteiger partial charge >= 0.3 is 5.97 Å². The first-order chi connectivity index (χ1) is 7.97. The Kier molecular flexibility index (Phi) is 4.96. The number of carbonyl (C=O) groups is 2. The molecule has 0 saturated carbocycles. The number of carboxylic acid groups (broad SMARTS) is 1. The van der Waals surface area contributed by atoms with Gasteiger partial charge in [0.25, 0.3) is 0 Å². The first kappa shape index (κ1) is 13.5. The van der Waals surface area contributed by atoms with Crippen LogP contribution in [0.2, 0.25) is 0 Å². The lowest BCUT2D eigenvalue weighted by Gasteiger charge is -2.08. The van der Waals surface area contributed by atoms with Gasteiger partial charge in [0.05, 0.1) is 0 Å². The number of amides is 1. The SMILES string of the molecule is CC(=O)NCc1cc(Br)cc(OCC(=O)O)c1. The van der Waals surface area contributed by atoms with Crippen LogP contribution in [0.1, 0.15) is 12.5 Å². The lowest BCUT2D eigenvalue weighted by Crippen LogP contribution is -2.19. The summed E-state index contributed by atoms with van der Waals surface area (Å²) in [6.07, 6.45) is 0. The molecule has 0 atom stereocenters. The van der Waals surface area contributed by atoms with Gasteiger partial charge < -0.3 is 15.2 Å². The number of aliphatic carboxylic acids is 1. The van der Waals surface area contributed by atoms with Gasteiger partial charge in [-0.2, -0.15) is 0 Å². The maximum Gasteiger partial charge on any atom is 0.341 e. The van der Waals surface area contributed by atoms with Gasteiger partial charge in [0.1, 0.15) is 5.75 Å². The second-order valence-electron chi connectivity index (χ2n) is 3.39. The lowest BCUT2D eigenvalue weighted by molar-refractivity contribution is -0.139. The minimum Gasteiger partial charge on any atom is -0.482 e. The second-order valence-corrected chi connectivity index (χ2v) is 4.30. The third kappa shape index (κ3) is 5.35. The van der Waals surface area contributed by atoms with Gasteiger partial charge in [-0.15, -0.1) is 0 Å². The van der Waals surface area contributed by atoms with Gasteiger partial charge in [-0.25, -0.2) is 4.79 Å². The third-order valence-electron chi connectivity index (χ3n) is 1.83. The molecule has 0 fully saturated rings. The molecule has 0 aromatic heterocycles. The molecule has 0 radical (unpaired) electrons. The van der Waals surface area contributed by atoms with Gasteiger partial charge in [-0.3, -0.25) is 4.79 Å². The summed E-state index contributed by atoms with van der Waals surface area (Å²) in [6, 6.07) is 5.17. The predicted octanol–water partition coefficient (Wildman–Crippen LogP) is 1.55. The Labute approximate surface area is 107 Å². The Bertz CT molecular complexity index is 397. The second kappa shape index (κ2) is 6.24. The van der Waals surface area contributed by atoms with Crippen molar-refractivity contribution >= 4 is 27.8 Å². The predicted molar refractivity (Wildman–Crippen MR) is 64.8 cm³/mol. The van der Waals surface area contributed by atoms with Crippen LogP contribution in [0.3, 0.4) is 0 Å². The summed E-state index contributed by atoms with van der Waals surface area (Å²) in [5.74, 6) is -0.714. The number of rotatable bonds is 5. The monoisotopic (exact) mass is 301 g/mol. The van der Waals surface area contributed by atoms with Crippen LogP contribution in [0.4, 0.5) is 0 Å². The zero-order valence-corrected chi connectivity index (χ0v) is 10.8. The molecule has 1 aromatic carbocycles. The molecule has 0 aliphatic rings. The van der Waals surface area contributed by atoms with E-state index in [1.807, 2.05) is 6.07 Å². The Morgan fingerprint density at radius 2 is 2.12 bits per heavy atom. The Hall–Kier alpha value is -1.56. The van der Waals surface area contributed by atoms with E-state index in [2.05, 4.69) is 21.2 Å². The first-order valence-corrected chi connectivity index (χ1v) is 5.65. The molecule has 0 spiro atoms. The van der Waals surface area contributed by atoms with Gasteiger partial charge in [0.15, 0.2) is 6.61 Å². The highest BCUT2D eigenvalue weighted by Gasteiger charge is 2.03. The molecule has 0 unspecified atom stereocenters. The topological polar surface area (TPSA) is 75.6 Å². The van der Waals surface area contributed by atoms with E-state index in [1.54, 1.807) is 12.1 Å². The fraction of sp³-hybridized carbons (Fsp3) is 0.273. The molecule has 17 heavy (non-hydrogen) atoms. The van der Waals surface area contributed by atoms with Crippen molar-refractivity contribution in [2.75, 3.05) is 6.61 Å². The fourth-order valence-electron chi connectivity index (χ4n) is 1.18. The minimum absolute atomic E-state index is 0.127. The van der Waals surface area contributed by atoms with E-state index in [1.165, 1.54) is 6.92 Å². The number of nitrogens with one attached hydrogen (secondary N) is 1. The van der Waals surface area contributed by atoms with Crippen LogP contribution in [-0.4, -0.2) is 23.6 Å². The maximum absolute atomic E-state index is 10.8. The molecule has 0 saturated heterocycles. The van der Waals surface area contributed by atoms with Crippen molar-refractivity contribution in [1.29, 1.82) is 0 Å². The molecular formula is C11H12BrNO4. The van der Waals surface area contributed by atoms with Crippen LogP contribution >= 0.6 is 15.9 Å². The number of benzene rings is 1. The smallest absolute Gasteiger partial charge is 0.341 e. The van der Waals surface area contributed by atoms with E-state index in [0.29, 0.717) is 12.3 Å². The van der Waals surface area contributed by atoms with Crippen molar-refractivity contribution in [2.45, 2.75) is 13.5 Å². The summed E-state index contributed by atoms with van der Waals surface area (Å²) in [5.41, 5.74) is 0.829. The minimum atomic E-state index is -1.03. The van der Waals surface area contributed by atoms with Crippen molar-refractivity contribution < 1.29 is 19.4 Å². The highest BCUT2D eigenvalue weighted by molar-refractivity contribution is 9.10. The van der Waals surface area contributed by atoms with Crippen LogP contribution < -0.4 is 10.1 Å². The highest BCUT2D eigenvalue weighted by Crippen LogP contribution is 2.21. The molecule has 2 N–H and O–H groups in total. The molecule has 0 aliphatic carbocycles. The number of hydrogen-bond acceptors (Lipinski definition) is 3. The molecule has 1 amide bonds. The van der Waals surface area contributed by atoms with Crippen molar-refractivity contribution in [3.8, 4) is 5.75 Å². The summed E-state index contributed by atoms with van der Waals surface area (Å²) in [7, 11) is 0. The number of carbonyl (C=O) groups excluding carboxylic acids is 1. The van der Waals surface area contributed by atoms with E-state index in [0.717, 1.165) is 10.0 Å². The van der Waals surface area contributed by atoms with E-state index in [4.69, 9.17) is 9.84 Å². The van der Waals surface area contributed by atoms with Crippen molar-refractivity contribution in [3.05, 3.63) is 28.2 Å². The molecule has 92 valence electrons. The van der Waals surface area contributed by atoms with E-state index in [9.17, 15) is 9.59 Å². The van der Waals surface area contributed by atoms with Crippen LogP contribution in [-0.2, 0) is 16.1 Å². The molecule has 0 aliphatic heterocycles. The van der Waals surface area contributed by atoms with Crippen LogP contribution in [0, 0.1) is 0 Å². The molecular weight excluding hydrogens is 290 g/mol. The number of hydrogen-bond donors (Lipinski definition) is 2. The van der Waals surface area contributed by atoms with Gasteiger partial charge in [-0.1, -0.05) is 15.9 Å². The zero-order chi connectivity index (χ0) is 12.8. The molecule has 5 nitrogen and oxygen atoms in total. The fourth-order valence-corrected chi connectivity index (χ4v) is 1.70. The summed E-state index contributed by atoms with van der Waals surface area (Å²) in [5, 5.41) is 11.1. The average molecular weight is 302 g/mol. The standard InChI is InChI=1S/C11H12BrNO4/c1-7(14)13-5-8-2-9(12)4-10(3-8)17-6-11(15)16/h2-4H,5-6H2,1H3,(H,13,14)(H,15,16). The zero-order valence-electron chi connectivity index (χ0n) is 9.20. The van der Waals surface area contributed by atoms with Crippen molar-refractivity contribution in [3.63, 3.8) is 0 Å². The number of halogens is 1. The number of ether oxygens (including phenoxy) is 1. The van der Waals surface area contributed by atoms with E-state index >= 15 is 0 Å². The summed E-state index contributed by atoms with van der Waals surface area (Å²) in [6.45, 7) is 1.41. The summed E-state index contributed by atoms with van der Waals surface area (Å²) >= 11 is 3.29. The normalized spacial score (nSPS) is 9.76. The molecule has 1 aromatic rings. The van der Waals surface area contributed by atoms with Gasteiger partial charge in [-0.05, 0) is 23.8 Å². The van der Waals surface area contributed by atoms with Crippen molar-refractivity contribution in [2.24, 2.45) is 0 Å². The van der Waals surface area contributed by atoms with E-state index in [-0.39, 0.29) is 5.91 Å². The molecule has 1 rings (SSSR count). The van der Waals surface area contributed by atoms with Crippen LogP contribution in [0.15, 0.2) is 22.7 Å². The first-order valence-electron chi connectivity index (χ1n) is 4.86. The van der Waals surface area contributed by atoms with Gasteiger partial charge in [0, 0.05) is 17.9 Å². The van der Waals surface area contributed by atoms with Crippen LogP contribution in [0.25, 0.3) is 0 Å². The maximum atomic E-state index is 10.8. The highest BCUT2D eigenvalue weighted by atomic mass is 79.9. The van der Waals surface area contributed by atoms with Gasteiger partial charge in [0.2, 0.25) is 5.91 Å². The molecule has 6 heteroatoms. The Balaban J connectivity index is 2.71. The quantitative estimate of drug-likeness (QED) is 0.865. The summed E-state index contributed by atoms with van der Waals surface area (Å²) in [4.78, 5) is 21.1. The average Bonchev–Trinajstić information content (AvgIpc) is 2.23. The third-order valence-corrected chi connectivity index (χ3v) is 2.29. The van der Waals surface area contributed by atoms with Crippen LogP contribution in [0.5, 0.6) is 5.75 Å². The summed E-state index contributed by atoms with van der Waals surface area (Å²) < 4.78 is 5.82. The Morgan fingerprint density at radius 3 is 2.71 bits per heavy atom. The largest absolute Gasteiger partial charge is 0.482 e. The Morgan fingerprint density at radius 1 is 1.41 bits per heavy atom. The number of carboxylic acids is 1. The van der Waals surface area contributed by atoms with E-state index < -0.39 is 12.6 Å².